The van der Waals surface area contributed by atoms with E-state index in [2.05, 4.69) is 0 Å². The second-order valence-electron chi connectivity index (χ2n) is 2.84. The first-order valence-electron chi connectivity index (χ1n) is 4.58. The molecule has 1 heterocycles. The molecule has 0 atom stereocenters. The first-order chi connectivity index (χ1) is 5.86. The third kappa shape index (κ3) is 1.37. The molecule has 0 N–H and O–H groups in total. The van der Waals surface area contributed by atoms with Crippen LogP contribution in [0.1, 0.15) is 19.8 Å². The summed E-state index contributed by atoms with van der Waals surface area (Å²) in [4.78, 5) is 0. The highest BCUT2D eigenvalue weighted by Crippen LogP contribution is 2.22. The van der Waals surface area contributed by atoms with Crippen LogP contribution in [-0.2, 0) is 6.42 Å². The average molecular weight is 149 g/mol. The molecule has 0 spiro atoms. The highest BCUT2D eigenvalue weighted by Gasteiger charge is 2.05. The van der Waals surface area contributed by atoms with E-state index >= 15 is 0 Å². The summed E-state index contributed by atoms with van der Waals surface area (Å²) < 4.78 is 12.9. The van der Waals surface area contributed by atoms with Crippen molar-refractivity contribution in [2.24, 2.45) is 0 Å². The third-order valence-electron chi connectivity index (χ3n) is 2.01. The number of hydrogen-bond donors (Lipinski definition) is 0. The predicted molar refractivity (Wildman–Crippen MR) is 44.9 cm³/mol. The fourth-order valence-corrected chi connectivity index (χ4v) is 1.39. The van der Waals surface area contributed by atoms with Crippen molar-refractivity contribution in [3.05, 3.63) is 29.8 Å². The number of rotatable bonds is 0. The molecule has 58 valence electrons. The minimum Gasteiger partial charge on any atom is -0.493 e. The SMILES string of the molecule is [2H]c1ccc2c(c1)OCCCC2. The second kappa shape index (κ2) is 2.95. The summed E-state index contributed by atoms with van der Waals surface area (Å²) in [5, 5.41) is 0. The Labute approximate surface area is 68.4 Å². The monoisotopic (exact) mass is 149 g/mol. The average Bonchev–Trinajstić information content (AvgIpc) is 2.28. The molecule has 0 saturated heterocycles. The van der Waals surface area contributed by atoms with Crippen molar-refractivity contribution in [2.75, 3.05) is 6.61 Å². The summed E-state index contributed by atoms with van der Waals surface area (Å²) in [6, 6.07) is 6.17. The molecule has 0 unspecified atom stereocenters. The number of ether oxygens (including phenoxy) is 1. The number of para-hydroxylation sites is 1. The first kappa shape index (κ1) is 5.64. The van der Waals surface area contributed by atoms with Crippen LogP contribution in [0.2, 0.25) is 0 Å². The van der Waals surface area contributed by atoms with Crippen LogP contribution in [-0.4, -0.2) is 6.61 Å². The lowest BCUT2D eigenvalue weighted by atomic mass is 10.1. The first-order valence-corrected chi connectivity index (χ1v) is 4.08. The van der Waals surface area contributed by atoms with Gasteiger partial charge >= 0.3 is 0 Å². The fraction of sp³-hybridized carbons (Fsp3) is 0.400. The van der Waals surface area contributed by atoms with Gasteiger partial charge in [0.1, 0.15) is 5.75 Å². The summed E-state index contributed by atoms with van der Waals surface area (Å²) in [6.07, 6.45) is 3.42. The van der Waals surface area contributed by atoms with Gasteiger partial charge < -0.3 is 4.74 Å². The fourth-order valence-electron chi connectivity index (χ4n) is 1.39. The Bertz CT molecular complexity index is 283. The van der Waals surface area contributed by atoms with Gasteiger partial charge in [0.2, 0.25) is 0 Å². The van der Waals surface area contributed by atoms with E-state index in [-0.39, 0.29) is 0 Å². The van der Waals surface area contributed by atoms with Crippen LogP contribution in [0, 0.1) is 0 Å². The Balaban J connectivity index is 2.36. The molecule has 0 fully saturated rings. The van der Waals surface area contributed by atoms with Crippen molar-refractivity contribution in [2.45, 2.75) is 19.3 Å². The molecule has 1 aromatic carbocycles. The van der Waals surface area contributed by atoms with Crippen LogP contribution in [0.3, 0.4) is 0 Å². The zero-order chi connectivity index (χ0) is 8.39. The van der Waals surface area contributed by atoms with Gasteiger partial charge in [0.05, 0.1) is 7.98 Å². The topological polar surface area (TPSA) is 9.23 Å². The Kier molecular flexibility index (Phi) is 1.51. The number of fused-ring (bicyclic) bond motifs is 1. The van der Waals surface area contributed by atoms with E-state index < -0.39 is 0 Å². The molecule has 1 heteroatoms. The normalized spacial score (nSPS) is 17.6. The molecule has 1 nitrogen and oxygen atoms in total. The summed E-state index contributed by atoms with van der Waals surface area (Å²) in [6.45, 7) is 0.802. The van der Waals surface area contributed by atoms with Gasteiger partial charge in [-0.1, -0.05) is 18.2 Å². The molecule has 0 aliphatic carbocycles. The van der Waals surface area contributed by atoms with Crippen LogP contribution in [0.15, 0.2) is 24.2 Å². The highest BCUT2D eigenvalue weighted by atomic mass is 16.5. The lowest BCUT2D eigenvalue weighted by molar-refractivity contribution is 0.317. The van der Waals surface area contributed by atoms with Crippen molar-refractivity contribution in [3.8, 4) is 5.75 Å². The molecule has 11 heavy (non-hydrogen) atoms. The minimum absolute atomic E-state index is 0.538. The number of hydrogen-bond acceptors (Lipinski definition) is 1. The van der Waals surface area contributed by atoms with Gasteiger partial charge in [0.15, 0.2) is 0 Å². The van der Waals surface area contributed by atoms with Crippen LogP contribution >= 0.6 is 0 Å². The highest BCUT2D eigenvalue weighted by molar-refractivity contribution is 5.33. The van der Waals surface area contributed by atoms with Crippen molar-refractivity contribution in [3.63, 3.8) is 0 Å². The van der Waals surface area contributed by atoms with Crippen LogP contribution in [0.25, 0.3) is 0 Å². The van der Waals surface area contributed by atoms with E-state index in [0.29, 0.717) is 6.04 Å². The Morgan fingerprint density at radius 2 is 2.36 bits per heavy atom. The maximum absolute atomic E-state index is 7.43. The van der Waals surface area contributed by atoms with E-state index in [0.717, 1.165) is 25.2 Å². The predicted octanol–water partition coefficient (Wildman–Crippen LogP) is 2.40. The molecule has 2 rings (SSSR count). The molecule has 0 radical (unpaired) electrons. The molecule has 0 saturated carbocycles. The van der Waals surface area contributed by atoms with Gasteiger partial charge in [0.25, 0.3) is 0 Å². The zero-order valence-electron chi connectivity index (χ0n) is 7.47. The Morgan fingerprint density at radius 3 is 3.36 bits per heavy atom. The molecule has 1 aliphatic rings. The Hall–Kier alpha value is -0.980. The van der Waals surface area contributed by atoms with E-state index in [4.69, 9.17) is 6.11 Å². The lowest BCUT2D eigenvalue weighted by Crippen LogP contribution is -1.93. The van der Waals surface area contributed by atoms with E-state index in [1.807, 2.05) is 12.1 Å². The summed E-state index contributed by atoms with van der Waals surface area (Å²) in [5.74, 6) is 0.917. The molecule has 1 aromatic rings. The van der Waals surface area contributed by atoms with Gasteiger partial charge in [-0.15, -0.1) is 0 Å². The quantitative estimate of drug-likeness (QED) is 0.550. The van der Waals surface area contributed by atoms with E-state index in [1.54, 1.807) is 6.07 Å². The molecule has 0 bridgehead atoms. The van der Waals surface area contributed by atoms with Gasteiger partial charge in [-0.05, 0) is 30.9 Å². The van der Waals surface area contributed by atoms with Crippen LogP contribution < -0.4 is 4.74 Å². The van der Waals surface area contributed by atoms with Crippen molar-refractivity contribution < 1.29 is 6.11 Å². The molecular weight excluding hydrogens is 136 g/mol. The van der Waals surface area contributed by atoms with Gasteiger partial charge in [-0.2, -0.15) is 0 Å². The second-order valence-corrected chi connectivity index (χ2v) is 2.84. The van der Waals surface area contributed by atoms with E-state index in [9.17, 15) is 0 Å². The minimum atomic E-state index is 0.538. The standard InChI is InChI=1S/C10H12O/c1-2-7-10-9(5-1)6-3-4-8-11-10/h1-2,5,7H,3-4,6,8H2/i2D. The summed E-state index contributed by atoms with van der Waals surface area (Å²) in [5.41, 5.74) is 1.25. The summed E-state index contributed by atoms with van der Waals surface area (Å²) in [7, 11) is 0. The van der Waals surface area contributed by atoms with Gasteiger partial charge in [-0.3, -0.25) is 0 Å². The largest absolute Gasteiger partial charge is 0.493 e. The van der Waals surface area contributed by atoms with Crippen molar-refractivity contribution in [1.82, 2.24) is 0 Å². The third-order valence-corrected chi connectivity index (χ3v) is 2.01. The lowest BCUT2D eigenvalue weighted by Gasteiger charge is -2.04. The maximum atomic E-state index is 7.43. The molecular formula is C10H12O. The maximum Gasteiger partial charge on any atom is 0.122 e. The van der Waals surface area contributed by atoms with Gasteiger partial charge in [0, 0.05) is 0 Å². The summed E-state index contributed by atoms with van der Waals surface area (Å²) >= 11 is 0. The molecule has 0 amide bonds. The molecule has 1 aliphatic heterocycles. The van der Waals surface area contributed by atoms with Gasteiger partial charge in [-0.25, -0.2) is 0 Å². The van der Waals surface area contributed by atoms with E-state index in [1.165, 1.54) is 12.0 Å². The van der Waals surface area contributed by atoms with Crippen molar-refractivity contribution in [1.29, 1.82) is 0 Å². The Morgan fingerprint density at radius 1 is 1.36 bits per heavy atom. The smallest absolute Gasteiger partial charge is 0.122 e. The zero-order valence-corrected chi connectivity index (χ0v) is 6.47. The number of benzene rings is 1. The van der Waals surface area contributed by atoms with Crippen molar-refractivity contribution >= 4 is 0 Å². The van der Waals surface area contributed by atoms with Crippen LogP contribution in [0.4, 0.5) is 0 Å². The molecule has 0 aromatic heterocycles. The van der Waals surface area contributed by atoms with Crippen LogP contribution in [0.5, 0.6) is 5.75 Å². The number of aryl methyl sites for hydroxylation is 1.